The summed E-state index contributed by atoms with van der Waals surface area (Å²) >= 11 is 1.94. The van der Waals surface area contributed by atoms with Gasteiger partial charge in [-0.3, -0.25) is 9.52 Å². The molecule has 0 aliphatic heterocycles. The normalized spacial score (nSPS) is 13.2. The van der Waals surface area contributed by atoms with Crippen LogP contribution in [-0.4, -0.2) is 67.9 Å². The molecule has 1 rings (SSSR count). The smallest absolute Gasteiger partial charge is 0.306 e. The van der Waals surface area contributed by atoms with Gasteiger partial charge in [-0.05, 0) is 96.7 Å². The third-order valence-electron chi connectivity index (χ3n) is 11.9. The van der Waals surface area contributed by atoms with Crippen molar-refractivity contribution in [3.8, 4) is 0 Å². The third kappa shape index (κ3) is 43.5. The second-order valence-corrected chi connectivity index (χ2v) is 18.9. The van der Waals surface area contributed by atoms with E-state index in [-0.39, 0.29) is 12.1 Å². The van der Waals surface area contributed by atoms with Crippen molar-refractivity contribution in [1.29, 1.82) is 0 Å². The van der Waals surface area contributed by atoms with Crippen molar-refractivity contribution in [3.63, 3.8) is 0 Å². The first-order valence-electron chi connectivity index (χ1n) is 25.8. The maximum Gasteiger partial charge on any atom is 0.306 e. The van der Waals surface area contributed by atoms with E-state index in [2.05, 4.69) is 37.3 Å². The molecule has 1 saturated carbocycles. The lowest BCUT2D eigenvalue weighted by atomic mass is 10.0. The summed E-state index contributed by atoms with van der Waals surface area (Å²) < 4.78 is 14.9. The van der Waals surface area contributed by atoms with E-state index in [1.165, 1.54) is 212 Å². The van der Waals surface area contributed by atoms with E-state index < -0.39 is 0 Å². The molecule has 0 saturated heterocycles. The van der Waals surface area contributed by atoms with Crippen LogP contribution in [0.15, 0.2) is 0 Å². The maximum absolute atomic E-state index is 12.3. The van der Waals surface area contributed by atoms with Crippen LogP contribution < -0.4 is 4.72 Å². The van der Waals surface area contributed by atoms with Gasteiger partial charge in [0.2, 0.25) is 0 Å². The molecule has 7 heteroatoms. The number of unbranched alkanes of at least 4 members (excludes halogenated alkanes) is 24. The molecule has 1 fully saturated rings. The Morgan fingerprint density at radius 2 is 1.02 bits per heavy atom. The highest BCUT2D eigenvalue weighted by Gasteiger charge is 2.21. The SMILES string of the molecule is CCCCCCCCC(CC)OC(=O)CCCCCCCN(CCCCCCCC=O)CCCNSC1CC1.CCCCCCCCC(CCCCCCCC)OC. The summed E-state index contributed by atoms with van der Waals surface area (Å²) in [5.41, 5.74) is 0. The quantitative estimate of drug-likeness (QED) is 0.0283. The van der Waals surface area contributed by atoms with Crippen LogP contribution in [0.4, 0.5) is 0 Å². The minimum absolute atomic E-state index is 0.0126. The molecule has 58 heavy (non-hydrogen) atoms. The number of rotatable bonds is 46. The minimum Gasteiger partial charge on any atom is -0.462 e. The van der Waals surface area contributed by atoms with Gasteiger partial charge in [0.05, 0.1) is 6.10 Å². The maximum atomic E-state index is 12.3. The molecule has 1 unspecified atom stereocenters. The van der Waals surface area contributed by atoms with Crippen molar-refractivity contribution in [3.05, 3.63) is 0 Å². The number of carbonyl (C=O) groups is 2. The monoisotopic (exact) mass is 839 g/mol. The Labute approximate surface area is 367 Å². The van der Waals surface area contributed by atoms with Crippen LogP contribution >= 0.6 is 11.9 Å². The number of nitrogens with zero attached hydrogens (tertiary/aromatic N) is 1. The fourth-order valence-corrected chi connectivity index (χ4v) is 8.60. The minimum atomic E-state index is 0.0126. The lowest BCUT2D eigenvalue weighted by molar-refractivity contribution is -0.149. The van der Waals surface area contributed by atoms with Gasteiger partial charge in [-0.25, -0.2) is 0 Å². The number of hydrogen-bond donors (Lipinski definition) is 1. The second kappa shape index (κ2) is 47.4. The number of aldehydes is 1. The van der Waals surface area contributed by atoms with Crippen LogP contribution in [0.2, 0.25) is 0 Å². The first-order chi connectivity index (χ1) is 28.5. The van der Waals surface area contributed by atoms with Gasteiger partial charge in [0.1, 0.15) is 12.4 Å². The molecule has 346 valence electrons. The van der Waals surface area contributed by atoms with Gasteiger partial charge in [0.25, 0.3) is 0 Å². The number of nitrogens with one attached hydrogen (secondary N) is 1. The Morgan fingerprint density at radius 1 is 0.586 bits per heavy atom. The Morgan fingerprint density at radius 3 is 1.48 bits per heavy atom. The van der Waals surface area contributed by atoms with E-state index in [1.807, 2.05) is 19.1 Å². The van der Waals surface area contributed by atoms with E-state index in [0.29, 0.717) is 12.5 Å². The van der Waals surface area contributed by atoms with Crippen LogP contribution in [0.25, 0.3) is 0 Å². The summed E-state index contributed by atoms with van der Waals surface area (Å²) in [5, 5.41) is 0.875. The van der Waals surface area contributed by atoms with Gasteiger partial charge in [-0.1, -0.05) is 187 Å². The van der Waals surface area contributed by atoms with Crippen LogP contribution in [0.3, 0.4) is 0 Å². The van der Waals surface area contributed by atoms with Crippen molar-refractivity contribution in [2.75, 3.05) is 33.3 Å². The van der Waals surface area contributed by atoms with Gasteiger partial charge in [-0.2, -0.15) is 0 Å². The fraction of sp³-hybridized carbons (Fsp3) is 0.961. The molecule has 0 bridgehead atoms. The number of carbonyl (C=O) groups excluding carboxylic acids is 2. The van der Waals surface area contributed by atoms with Crippen molar-refractivity contribution >= 4 is 24.2 Å². The van der Waals surface area contributed by atoms with Gasteiger partial charge < -0.3 is 19.2 Å². The molecule has 1 aliphatic rings. The largest absolute Gasteiger partial charge is 0.462 e. The Hall–Kier alpha value is -0.630. The molecule has 1 N–H and O–H groups in total. The van der Waals surface area contributed by atoms with E-state index in [0.717, 1.165) is 56.6 Å². The number of ether oxygens (including phenoxy) is 2. The van der Waals surface area contributed by atoms with E-state index >= 15 is 0 Å². The zero-order valence-electron chi connectivity index (χ0n) is 39.8. The molecular formula is C51H102N2O4S. The molecule has 0 radical (unpaired) electrons. The summed E-state index contributed by atoms with van der Waals surface area (Å²) in [6.45, 7) is 13.6. The van der Waals surface area contributed by atoms with E-state index in [4.69, 9.17) is 9.47 Å². The Bertz CT molecular complexity index is 812. The summed E-state index contributed by atoms with van der Waals surface area (Å²) in [7, 11) is 1.89. The average molecular weight is 839 g/mol. The molecule has 0 amide bonds. The lowest BCUT2D eigenvalue weighted by Gasteiger charge is -2.22. The van der Waals surface area contributed by atoms with E-state index in [9.17, 15) is 9.59 Å². The first-order valence-corrected chi connectivity index (χ1v) is 26.7. The summed E-state index contributed by atoms with van der Waals surface area (Å²) in [6, 6.07) is 0. The summed E-state index contributed by atoms with van der Waals surface area (Å²) in [6.07, 6.45) is 47.8. The Kier molecular flexibility index (Phi) is 46.9. The van der Waals surface area contributed by atoms with Crippen molar-refractivity contribution in [2.45, 2.75) is 283 Å². The molecule has 0 aromatic heterocycles. The number of esters is 1. The van der Waals surface area contributed by atoms with Crippen molar-refractivity contribution in [1.82, 2.24) is 9.62 Å². The molecule has 0 heterocycles. The molecular weight excluding hydrogens is 737 g/mol. The van der Waals surface area contributed by atoms with Gasteiger partial charge >= 0.3 is 5.97 Å². The van der Waals surface area contributed by atoms with Gasteiger partial charge in [-0.15, -0.1) is 0 Å². The molecule has 0 aromatic rings. The molecule has 0 aromatic carbocycles. The summed E-state index contributed by atoms with van der Waals surface area (Å²) in [5.74, 6) is 0.0126. The van der Waals surface area contributed by atoms with Crippen LogP contribution in [0.5, 0.6) is 0 Å². The molecule has 1 atom stereocenters. The number of hydrogen-bond acceptors (Lipinski definition) is 7. The van der Waals surface area contributed by atoms with Gasteiger partial charge in [0, 0.05) is 31.7 Å². The fourth-order valence-electron chi connectivity index (χ4n) is 7.73. The Balaban J connectivity index is 0.00000143. The molecule has 6 nitrogen and oxygen atoms in total. The van der Waals surface area contributed by atoms with Crippen molar-refractivity contribution < 1.29 is 19.1 Å². The summed E-state index contributed by atoms with van der Waals surface area (Å²) in [4.78, 5) is 25.4. The third-order valence-corrected chi connectivity index (χ3v) is 13.1. The second-order valence-electron chi connectivity index (χ2n) is 17.7. The predicted molar refractivity (Wildman–Crippen MR) is 256 cm³/mol. The van der Waals surface area contributed by atoms with Crippen LogP contribution in [0.1, 0.15) is 265 Å². The zero-order valence-corrected chi connectivity index (χ0v) is 40.6. The zero-order chi connectivity index (χ0) is 42.4. The topological polar surface area (TPSA) is 67.9 Å². The van der Waals surface area contributed by atoms with Gasteiger partial charge in [0.15, 0.2) is 0 Å². The van der Waals surface area contributed by atoms with Crippen LogP contribution in [0, 0.1) is 0 Å². The average Bonchev–Trinajstić information content (AvgIpc) is 4.07. The predicted octanol–water partition coefficient (Wildman–Crippen LogP) is 15.5. The highest BCUT2D eigenvalue weighted by molar-refractivity contribution is 7.98. The lowest BCUT2D eigenvalue weighted by Crippen LogP contribution is -2.29. The number of methoxy groups -OCH3 is 1. The first kappa shape index (κ1) is 57.4. The highest BCUT2D eigenvalue weighted by Crippen LogP contribution is 2.31. The highest BCUT2D eigenvalue weighted by atomic mass is 32.2. The van der Waals surface area contributed by atoms with Crippen molar-refractivity contribution in [2.24, 2.45) is 0 Å². The molecule has 0 spiro atoms. The standard InChI is InChI=1S/C33H64N2O3S.C18H38O/c1-3-5-6-7-11-16-22-31(4-2)38-33(37)23-17-12-10-14-19-28-35(27-18-13-8-9-15-20-30-36)29-21-26-34-39-32-24-25-32;1-4-6-8-10-12-14-16-18(19-3)17-15-13-11-9-7-5-2/h30-32,34H,3-29H2,1-2H3;18H,4-17H2,1-3H3. The van der Waals surface area contributed by atoms with Crippen LogP contribution in [-0.2, 0) is 19.1 Å². The van der Waals surface area contributed by atoms with E-state index in [1.54, 1.807) is 0 Å². The molecule has 1 aliphatic carbocycles.